The average molecular weight is 378 g/mol. The number of halogens is 3. The van der Waals surface area contributed by atoms with Crippen molar-refractivity contribution < 1.29 is 18.0 Å². The van der Waals surface area contributed by atoms with Gasteiger partial charge >= 0.3 is 6.18 Å². The number of nitrogens with zero attached hydrogens (tertiary/aromatic N) is 4. The van der Waals surface area contributed by atoms with E-state index in [-0.39, 0.29) is 12.1 Å². The molecule has 0 saturated carbocycles. The number of aromatic nitrogens is 4. The maximum Gasteiger partial charge on any atom is 0.418 e. The molecule has 142 valence electrons. The zero-order chi connectivity index (χ0) is 19.6. The summed E-state index contributed by atoms with van der Waals surface area (Å²) in [6.45, 7) is 3.66. The third-order valence-electron chi connectivity index (χ3n) is 4.16. The van der Waals surface area contributed by atoms with Gasteiger partial charge in [-0.1, -0.05) is 12.1 Å². The lowest BCUT2D eigenvalue weighted by Crippen LogP contribution is -2.30. The van der Waals surface area contributed by atoms with Crippen LogP contribution in [-0.4, -0.2) is 25.5 Å². The highest BCUT2D eigenvalue weighted by Gasteiger charge is 2.33. The van der Waals surface area contributed by atoms with Crippen LogP contribution in [0, 0.1) is 13.8 Å². The summed E-state index contributed by atoms with van der Waals surface area (Å²) in [5.74, 6) is 0.0353. The standard InChI is InChI=1S/C17H17F3N6O/c1-10-12(11(2)26-16(23-10)21-9-22-26)7-8-15(27)25-24-14-6-4-3-5-13(14)17(18,19)20/h3-6,9,24H,7-8H2,1-2H3,(H,25,27). The molecule has 0 aliphatic rings. The lowest BCUT2D eigenvalue weighted by molar-refractivity contribution is -0.137. The highest BCUT2D eigenvalue weighted by molar-refractivity contribution is 5.78. The number of para-hydroxylation sites is 1. The topological polar surface area (TPSA) is 84.2 Å². The van der Waals surface area contributed by atoms with Gasteiger partial charge < -0.3 is 0 Å². The van der Waals surface area contributed by atoms with Crippen LogP contribution in [0.2, 0.25) is 0 Å². The van der Waals surface area contributed by atoms with Crippen LogP contribution in [0.25, 0.3) is 5.78 Å². The molecule has 0 bridgehead atoms. The summed E-state index contributed by atoms with van der Waals surface area (Å²) in [7, 11) is 0. The van der Waals surface area contributed by atoms with Crippen LogP contribution in [-0.2, 0) is 17.4 Å². The molecular formula is C17H17F3N6O. The zero-order valence-corrected chi connectivity index (χ0v) is 14.6. The van der Waals surface area contributed by atoms with Gasteiger partial charge in [0.25, 0.3) is 5.78 Å². The second-order valence-corrected chi connectivity index (χ2v) is 5.95. The average Bonchev–Trinajstić information content (AvgIpc) is 3.07. The van der Waals surface area contributed by atoms with Crippen LogP contribution in [0.5, 0.6) is 0 Å². The number of carbonyl (C=O) groups excluding carboxylic acids is 1. The van der Waals surface area contributed by atoms with Crippen molar-refractivity contribution in [2.45, 2.75) is 32.9 Å². The summed E-state index contributed by atoms with van der Waals surface area (Å²) in [6.07, 6.45) is -2.67. The molecule has 1 amide bonds. The lowest BCUT2D eigenvalue weighted by atomic mass is 10.1. The Balaban J connectivity index is 1.65. The third kappa shape index (κ3) is 3.99. The van der Waals surface area contributed by atoms with E-state index in [9.17, 15) is 18.0 Å². The van der Waals surface area contributed by atoms with E-state index in [0.29, 0.717) is 12.2 Å². The summed E-state index contributed by atoms with van der Waals surface area (Å²) in [5, 5.41) is 4.08. The highest BCUT2D eigenvalue weighted by Crippen LogP contribution is 2.34. The molecule has 2 aromatic heterocycles. The molecule has 0 atom stereocenters. The second kappa shape index (κ2) is 7.22. The van der Waals surface area contributed by atoms with Gasteiger partial charge in [0.1, 0.15) is 6.33 Å². The predicted octanol–water partition coefficient (Wildman–Crippen LogP) is 2.84. The first kappa shape index (κ1) is 18.6. The van der Waals surface area contributed by atoms with Crippen molar-refractivity contribution in [3.05, 3.63) is 53.1 Å². The van der Waals surface area contributed by atoms with Crippen molar-refractivity contribution in [3.8, 4) is 0 Å². The summed E-state index contributed by atoms with van der Waals surface area (Å²) in [4.78, 5) is 20.4. The number of nitrogens with one attached hydrogen (secondary N) is 2. The molecule has 0 unspecified atom stereocenters. The van der Waals surface area contributed by atoms with E-state index in [2.05, 4.69) is 25.9 Å². The first-order valence-corrected chi connectivity index (χ1v) is 8.14. The number of alkyl halides is 3. The number of aryl methyl sites for hydroxylation is 2. The van der Waals surface area contributed by atoms with Gasteiger partial charge in [-0.15, -0.1) is 0 Å². The molecule has 3 rings (SSSR count). The Hall–Kier alpha value is -3.17. The number of fused-ring (bicyclic) bond motifs is 1. The SMILES string of the molecule is Cc1nc2ncnn2c(C)c1CCC(=O)NNc1ccccc1C(F)(F)F. The van der Waals surface area contributed by atoms with Crippen molar-refractivity contribution in [2.24, 2.45) is 0 Å². The Labute approximate surface area is 152 Å². The van der Waals surface area contributed by atoms with Crippen LogP contribution in [0.1, 0.15) is 28.9 Å². The van der Waals surface area contributed by atoms with Crippen molar-refractivity contribution in [2.75, 3.05) is 5.43 Å². The number of amides is 1. The number of anilines is 1. The molecule has 3 aromatic rings. The van der Waals surface area contributed by atoms with Gasteiger partial charge in [-0.2, -0.15) is 23.3 Å². The van der Waals surface area contributed by atoms with Crippen molar-refractivity contribution in [3.63, 3.8) is 0 Å². The predicted molar refractivity (Wildman–Crippen MR) is 91.8 cm³/mol. The molecule has 2 heterocycles. The van der Waals surface area contributed by atoms with Crippen LogP contribution >= 0.6 is 0 Å². The van der Waals surface area contributed by atoms with Crippen molar-refractivity contribution >= 4 is 17.4 Å². The van der Waals surface area contributed by atoms with Gasteiger partial charge in [-0.3, -0.25) is 15.6 Å². The number of benzene rings is 1. The number of hydrazine groups is 1. The summed E-state index contributed by atoms with van der Waals surface area (Å²) < 4.78 is 40.5. The van der Waals surface area contributed by atoms with E-state index in [1.54, 1.807) is 4.52 Å². The smallest absolute Gasteiger partial charge is 0.298 e. The highest BCUT2D eigenvalue weighted by atomic mass is 19.4. The Bertz CT molecular complexity index is 982. The van der Waals surface area contributed by atoms with Crippen LogP contribution in [0.4, 0.5) is 18.9 Å². The lowest BCUT2D eigenvalue weighted by Gasteiger charge is -2.15. The Morgan fingerprint density at radius 2 is 1.96 bits per heavy atom. The number of hydrogen-bond donors (Lipinski definition) is 2. The van der Waals surface area contributed by atoms with Crippen molar-refractivity contribution in [1.29, 1.82) is 0 Å². The molecule has 0 spiro atoms. The van der Waals surface area contributed by atoms with Gasteiger partial charge in [0.05, 0.1) is 11.3 Å². The minimum atomic E-state index is -4.51. The number of rotatable bonds is 5. The Morgan fingerprint density at radius 1 is 1.22 bits per heavy atom. The quantitative estimate of drug-likeness (QED) is 0.667. The summed E-state index contributed by atoms with van der Waals surface area (Å²) >= 11 is 0. The minimum Gasteiger partial charge on any atom is -0.298 e. The first-order chi connectivity index (χ1) is 12.8. The fourth-order valence-electron chi connectivity index (χ4n) is 2.79. The van der Waals surface area contributed by atoms with E-state index < -0.39 is 17.6 Å². The maximum atomic E-state index is 13.0. The maximum absolute atomic E-state index is 13.0. The van der Waals surface area contributed by atoms with Crippen LogP contribution in [0.15, 0.2) is 30.6 Å². The molecular weight excluding hydrogens is 361 g/mol. The molecule has 27 heavy (non-hydrogen) atoms. The van der Waals surface area contributed by atoms with Gasteiger partial charge in [-0.05, 0) is 38.0 Å². The van der Waals surface area contributed by atoms with E-state index in [0.717, 1.165) is 23.0 Å². The molecule has 0 radical (unpaired) electrons. The minimum absolute atomic E-state index is 0.0742. The first-order valence-electron chi connectivity index (χ1n) is 8.14. The third-order valence-corrected chi connectivity index (χ3v) is 4.16. The van der Waals surface area contributed by atoms with E-state index >= 15 is 0 Å². The fraction of sp³-hybridized carbons (Fsp3) is 0.294. The summed E-state index contributed by atoms with van der Waals surface area (Å²) in [6, 6.07) is 4.93. The van der Waals surface area contributed by atoms with Crippen LogP contribution in [0.3, 0.4) is 0 Å². The zero-order valence-electron chi connectivity index (χ0n) is 14.6. The van der Waals surface area contributed by atoms with Gasteiger partial charge in [0, 0.05) is 17.8 Å². The number of hydrogen-bond acceptors (Lipinski definition) is 5. The molecule has 1 aromatic carbocycles. The molecule has 0 aliphatic heterocycles. The largest absolute Gasteiger partial charge is 0.418 e. The Morgan fingerprint density at radius 3 is 2.70 bits per heavy atom. The second-order valence-electron chi connectivity index (χ2n) is 5.95. The fourth-order valence-corrected chi connectivity index (χ4v) is 2.79. The summed E-state index contributed by atoms with van der Waals surface area (Å²) in [5.41, 5.74) is 5.99. The molecule has 0 saturated heterocycles. The van der Waals surface area contributed by atoms with Gasteiger partial charge in [0.2, 0.25) is 5.91 Å². The normalized spacial score (nSPS) is 11.6. The van der Waals surface area contributed by atoms with Gasteiger partial charge in [-0.25, -0.2) is 9.50 Å². The molecule has 0 aliphatic carbocycles. The van der Waals surface area contributed by atoms with Crippen LogP contribution < -0.4 is 10.9 Å². The van der Waals surface area contributed by atoms with E-state index in [1.807, 2.05) is 13.8 Å². The van der Waals surface area contributed by atoms with E-state index in [4.69, 9.17) is 0 Å². The van der Waals surface area contributed by atoms with E-state index in [1.165, 1.54) is 24.5 Å². The monoisotopic (exact) mass is 378 g/mol. The molecule has 10 heteroatoms. The molecule has 2 N–H and O–H groups in total. The van der Waals surface area contributed by atoms with Crippen molar-refractivity contribution in [1.82, 2.24) is 25.0 Å². The van der Waals surface area contributed by atoms with Gasteiger partial charge in [0.15, 0.2) is 0 Å². The molecule has 7 nitrogen and oxygen atoms in total. The number of carbonyl (C=O) groups is 1. The Kier molecular flexibility index (Phi) is 4.98. The molecule has 0 fully saturated rings.